The average Bonchev–Trinajstić information content (AvgIpc) is 3.43. The first kappa shape index (κ1) is 54.7. The maximum Gasteiger partial charge on any atom is 0.411 e. The highest BCUT2D eigenvalue weighted by molar-refractivity contribution is 6.06. The lowest BCUT2D eigenvalue weighted by Crippen LogP contribution is -2.57. The summed E-state index contributed by atoms with van der Waals surface area (Å²) in [5.74, 6) is 0.373. The van der Waals surface area contributed by atoms with Crippen LogP contribution in [0.15, 0.2) is 178 Å². The van der Waals surface area contributed by atoms with Crippen LogP contribution in [0.5, 0.6) is 17.2 Å². The molecular weight excluding hydrogens is 985 g/mol. The molecule has 0 aliphatic carbocycles. The number of esters is 2. The molecule has 0 radical (unpaired) electrons. The second-order valence-corrected chi connectivity index (χ2v) is 17.3. The topological polar surface area (TPSA) is 212 Å². The zero-order chi connectivity index (χ0) is 55.0. The Kier molecular flexibility index (Phi) is 18.3. The largest absolute Gasteiger partial charge is 0.458 e. The number of amides is 5. The number of hydrogen-bond donors (Lipinski definition) is 4. The van der Waals surface area contributed by atoms with Gasteiger partial charge in [-0.1, -0.05) is 80.9 Å². The number of hydrogen-bond acceptors (Lipinski definition) is 13. The van der Waals surface area contributed by atoms with Crippen LogP contribution in [0.3, 0.4) is 0 Å². The minimum absolute atomic E-state index is 0.0379. The summed E-state index contributed by atoms with van der Waals surface area (Å²) in [5, 5.41) is 11.9. The molecule has 1 saturated heterocycles. The van der Waals surface area contributed by atoms with E-state index >= 15 is 4.79 Å². The van der Waals surface area contributed by atoms with Crippen LogP contribution in [0, 0.1) is 20.8 Å². The van der Waals surface area contributed by atoms with Crippen molar-refractivity contribution in [3.05, 3.63) is 211 Å². The maximum atomic E-state index is 15.1. The van der Waals surface area contributed by atoms with E-state index in [1.165, 1.54) is 6.08 Å². The molecule has 1 fully saturated rings. The smallest absolute Gasteiger partial charge is 0.411 e. The number of urea groups is 1. The summed E-state index contributed by atoms with van der Waals surface area (Å²) < 4.78 is 32.4. The molecule has 4 N–H and O–H groups in total. The number of allylic oxidation sites excluding steroid dienone is 1. The van der Waals surface area contributed by atoms with Crippen molar-refractivity contribution in [3.63, 3.8) is 0 Å². The molecule has 1 atom stereocenters. The third kappa shape index (κ3) is 15.2. The molecule has 1 heterocycles. The van der Waals surface area contributed by atoms with E-state index in [0.29, 0.717) is 91.4 Å². The highest BCUT2D eigenvalue weighted by atomic mass is 16.6. The fourth-order valence-corrected chi connectivity index (χ4v) is 7.61. The van der Waals surface area contributed by atoms with Gasteiger partial charge in [0.15, 0.2) is 0 Å². The van der Waals surface area contributed by atoms with E-state index in [9.17, 15) is 24.0 Å². The van der Waals surface area contributed by atoms with Crippen molar-refractivity contribution in [2.75, 3.05) is 37.6 Å². The van der Waals surface area contributed by atoms with Crippen LogP contribution in [0.4, 0.5) is 53.3 Å². The number of ether oxygens (including phenoxy) is 6. The number of aryl methyl sites for hydroxylation is 3. The Hall–Kier alpha value is -10.1. The van der Waals surface area contributed by atoms with Gasteiger partial charge in [0.1, 0.15) is 49.0 Å². The predicted molar refractivity (Wildman–Crippen MR) is 293 cm³/mol. The fourth-order valence-electron chi connectivity index (χ4n) is 7.61. The van der Waals surface area contributed by atoms with Gasteiger partial charge in [-0.25, -0.2) is 28.8 Å². The molecule has 0 bridgehead atoms. The fraction of sp³-hybridized carbons (Fsp3) is 0.153. The monoisotopic (exact) mass is 1040 g/mol. The molecular formula is C59H56N6O12. The van der Waals surface area contributed by atoms with Crippen molar-refractivity contribution in [1.29, 1.82) is 0 Å². The Morgan fingerprint density at radius 3 is 1.38 bits per heavy atom. The third-order valence-corrected chi connectivity index (χ3v) is 11.8. The van der Waals surface area contributed by atoms with E-state index in [1.54, 1.807) is 125 Å². The molecule has 0 saturated carbocycles. The van der Waals surface area contributed by atoms with Crippen molar-refractivity contribution in [2.24, 2.45) is 0 Å². The number of anilines is 6. The Labute approximate surface area is 445 Å². The van der Waals surface area contributed by atoms with Gasteiger partial charge in [-0.2, -0.15) is 0 Å². The van der Waals surface area contributed by atoms with Gasteiger partial charge in [0.05, 0.1) is 0 Å². The normalized spacial score (nSPS) is 12.7. The van der Waals surface area contributed by atoms with E-state index in [0.717, 1.165) is 17.7 Å². The van der Waals surface area contributed by atoms with Crippen LogP contribution in [0.25, 0.3) is 0 Å². The number of nitrogens with one attached hydrogen (secondary N) is 4. The summed E-state index contributed by atoms with van der Waals surface area (Å²) in [5.41, 5.74) is 6.88. The first-order valence-corrected chi connectivity index (χ1v) is 24.0. The van der Waals surface area contributed by atoms with Crippen LogP contribution < -0.4 is 45.3 Å². The van der Waals surface area contributed by atoms with E-state index in [2.05, 4.69) is 47.6 Å². The standard InChI is InChI=1S/C59H56N6O12/c1-8-40(7)75-47-23-14-41(15-24-47)34-74-58(70)63-52-33-46(22-13-39(52)6)65-53(60-44-20-11-37(4)50(31-44)61-56(68)72-35-42-16-25-48(26-17-42)76-54(66)9-2)29-30-64(59(65)71)45-21-12-38(5)51(32-45)62-57(69)73-36-43-18-27-49(28-19-43)77-55(67)10-3/h8-28,31-33,53,60H,1-3,7,29-30,34-36H2,4-6H3,(H,61,68)(H,62,69)(H,63,70). The van der Waals surface area contributed by atoms with Gasteiger partial charge in [-0.15, -0.1) is 0 Å². The zero-order valence-corrected chi connectivity index (χ0v) is 42.6. The van der Waals surface area contributed by atoms with Crippen molar-refractivity contribution >= 4 is 70.4 Å². The van der Waals surface area contributed by atoms with Crippen molar-refractivity contribution in [2.45, 2.75) is 53.2 Å². The molecule has 1 aliphatic rings. The van der Waals surface area contributed by atoms with Crippen LogP contribution in [0.2, 0.25) is 0 Å². The summed E-state index contributed by atoms with van der Waals surface area (Å²) in [6, 6.07) is 35.3. The van der Waals surface area contributed by atoms with E-state index in [-0.39, 0.29) is 26.4 Å². The zero-order valence-electron chi connectivity index (χ0n) is 42.6. The van der Waals surface area contributed by atoms with Gasteiger partial charge >= 0.3 is 36.2 Å². The second-order valence-electron chi connectivity index (χ2n) is 17.3. The van der Waals surface area contributed by atoms with E-state index in [4.69, 9.17) is 28.4 Å². The van der Waals surface area contributed by atoms with Gasteiger partial charge in [0.2, 0.25) is 0 Å². The van der Waals surface area contributed by atoms with Gasteiger partial charge in [0, 0.05) is 59.2 Å². The Bertz CT molecular complexity index is 3210. The van der Waals surface area contributed by atoms with Crippen molar-refractivity contribution in [3.8, 4) is 17.2 Å². The number of carbonyl (C=O) groups excluding carboxylic acids is 6. The first-order chi connectivity index (χ1) is 37.1. The summed E-state index contributed by atoms with van der Waals surface area (Å²) in [7, 11) is 0. The van der Waals surface area contributed by atoms with Gasteiger partial charge in [-0.3, -0.25) is 25.8 Å². The van der Waals surface area contributed by atoms with Gasteiger partial charge in [-0.05, 0) is 133 Å². The molecule has 394 valence electrons. The quantitative estimate of drug-likeness (QED) is 0.0140. The highest BCUT2D eigenvalue weighted by Gasteiger charge is 2.36. The Balaban J connectivity index is 1.08. The van der Waals surface area contributed by atoms with Crippen LogP contribution in [-0.4, -0.2) is 49.0 Å². The average molecular weight is 1040 g/mol. The highest BCUT2D eigenvalue weighted by Crippen LogP contribution is 2.34. The molecule has 18 nitrogen and oxygen atoms in total. The molecule has 5 amide bonds. The van der Waals surface area contributed by atoms with E-state index in [1.807, 2.05) is 32.9 Å². The van der Waals surface area contributed by atoms with E-state index < -0.39 is 42.4 Å². The van der Waals surface area contributed by atoms with Crippen molar-refractivity contribution in [1.82, 2.24) is 0 Å². The summed E-state index contributed by atoms with van der Waals surface area (Å²) in [4.78, 5) is 80.8. The summed E-state index contributed by atoms with van der Waals surface area (Å²) in [6.45, 7) is 19.7. The summed E-state index contributed by atoms with van der Waals surface area (Å²) in [6.07, 6.45) is 1.12. The van der Waals surface area contributed by atoms with Crippen LogP contribution in [0.1, 0.15) is 39.8 Å². The van der Waals surface area contributed by atoms with Gasteiger partial charge < -0.3 is 33.7 Å². The predicted octanol–water partition coefficient (Wildman–Crippen LogP) is 12.4. The second kappa shape index (κ2) is 25.7. The lowest BCUT2D eigenvalue weighted by Gasteiger charge is -2.42. The van der Waals surface area contributed by atoms with Crippen molar-refractivity contribution < 1.29 is 57.2 Å². The molecule has 1 aliphatic heterocycles. The molecule has 1 unspecified atom stereocenters. The molecule has 0 aromatic heterocycles. The third-order valence-electron chi connectivity index (χ3n) is 11.8. The first-order valence-electron chi connectivity index (χ1n) is 24.0. The maximum absolute atomic E-state index is 15.1. The van der Waals surface area contributed by atoms with Crippen LogP contribution >= 0.6 is 0 Å². The number of carbonyl (C=O) groups is 6. The summed E-state index contributed by atoms with van der Waals surface area (Å²) >= 11 is 0. The Morgan fingerprint density at radius 2 is 0.935 bits per heavy atom. The minimum atomic E-state index is -0.736. The SMILES string of the molecule is C=CC(=C)Oc1ccc(COC(=O)Nc2cc(N3C(=O)N(c4ccc(C)c(NC(=O)OCc5ccc(OC(=O)C=C)cc5)c4)CCC3Nc3ccc(C)c(NC(=O)OCc4ccc(OC(=O)C=C)cc4)c3)ccc2C)cc1. The molecule has 6 aromatic rings. The van der Waals surface area contributed by atoms with Gasteiger partial charge in [0.25, 0.3) is 0 Å². The number of rotatable bonds is 20. The lowest BCUT2D eigenvalue weighted by atomic mass is 10.1. The molecule has 77 heavy (non-hydrogen) atoms. The molecule has 18 heteroatoms. The molecule has 7 rings (SSSR count). The number of nitrogens with zero attached hydrogens (tertiary/aromatic N) is 2. The number of benzene rings is 6. The van der Waals surface area contributed by atoms with Crippen LogP contribution in [-0.2, 0) is 43.6 Å². The molecule has 0 spiro atoms. The molecule has 6 aromatic carbocycles. The minimum Gasteiger partial charge on any atom is -0.458 e. The Morgan fingerprint density at radius 1 is 0.532 bits per heavy atom. The lowest BCUT2D eigenvalue weighted by molar-refractivity contribution is -0.129.